The summed E-state index contributed by atoms with van der Waals surface area (Å²) in [7, 11) is 0. The van der Waals surface area contributed by atoms with Gasteiger partial charge in [-0.1, -0.05) is 32.0 Å². The summed E-state index contributed by atoms with van der Waals surface area (Å²) in [4.78, 5) is 6.73. The van der Waals surface area contributed by atoms with E-state index in [-0.39, 0.29) is 24.5 Å². The third kappa shape index (κ3) is 3.23. The Labute approximate surface area is 154 Å². The van der Waals surface area contributed by atoms with E-state index in [1.807, 2.05) is 24.4 Å². The standard InChI is InChI=1S/C20H27N3O3/c1-3-23(4-2)18-19(24)17(16-12-25-20(18)26-16)22-11-13-9-14-7-5-6-8-15(14)21-10-13/h5-10,16-20,22,24H,3-4,11-12H2,1-2H3/t16-,17+,18-,19-,20+/m0/s1. The van der Waals surface area contributed by atoms with E-state index in [0.717, 1.165) is 29.6 Å². The van der Waals surface area contributed by atoms with Crippen molar-refractivity contribution < 1.29 is 14.6 Å². The Balaban J connectivity index is 1.49. The number of hydrogen-bond acceptors (Lipinski definition) is 6. The molecule has 4 rings (SSSR count). The number of likely N-dealkylation sites (N-methyl/N-ethyl adjacent to an activating group) is 1. The predicted molar refractivity (Wildman–Crippen MR) is 99.7 cm³/mol. The summed E-state index contributed by atoms with van der Waals surface area (Å²) in [6, 6.07) is 9.92. The minimum atomic E-state index is -0.533. The van der Waals surface area contributed by atoms with Crippen molar-refractivity contribution in [3.63, 3.8) is 0 Å². The van der Waals surface area contributed by atoms with Crippen LogP contribution in [0.1, 0.15) is 19.4 Å². The Morgan fingerprint density at radius 2 is 2.08 bits per heavy atom. The Bertz CT molecular complexity index is 750. The number of nitrogens with one attached hydrogen (secondary N) is 1. The Morgan fingerprint density at radius 3 is 2.88 bits per heavy atom. The van der Waals surface area contributed by atoms with Gasteiger partial charge in [0.15, 0.2) is 6.29 Å². The first-order chi connectivity index (χ1) is 12.7. The molecule has 2 aliphatic rings. The van der Waals surface area contributed by atoms with Crippen LogP contribution in [0.5, 0.6) is 0 Å². The molecule has 0 saturated carbocycles. The lowest BCUT2D eigenvalue weighted by atomic mass is 9.94. The van der Waals surface area contributed by atoms with Gasteiger partial charge in [-0.15, -0.1) is 0 Å². The van der Waals surface area contributed by atoms with Gasteiger partial charge in [-0.3, -0.25) is 9.88 Å². The lowest BCUT2D eigenvalue weighted by Gasteiger charge is -2.43. The van der Waals surface area contributed by atoms with Crippen LogP contribution in [-0.4, -0.2) is 65.3 Å². The van der Waals surface area contributed by atoms with E-state index in [1.165, 1.54) is 0 Å². The maximum Gasteiger partial charge on any atom is 0.176 e. The highest BCUT2D eigenvalue weighted by molar-refractivity contribution is 5.78. The zero-order valence-electron chi connectivity index (χ0n) is 15.3. The number of aliphatic hydroxyl groups excluding tert-OH is 1. The Morgan fingerprint density at radius 1 is 1.27 bits per heavy atom. The predicted octanol–water partition coefficient (Wildman–Crippen LogP) is 1.52. The van der Waals surface area contributed by atoms with E-state index < -0.39 is 6.10 Å². The lowest BCUT2D eigenvalue weighted by Crippen LogP contribution is -2.64. The molecule has 1 aromatic carbocycles. The summed E-state index contributed by atoms with van der Waals surface area (Å²) >= 11 is 0. The average molecular weight is 357 g/mol. The van der Waals surface area contributed by atoms with E-state index in [0.29, 0.717) is 13.2 Å². The number of fused-ring (bicyclic) bond motifs is 3. The number of nitrogens with zero attached hydrogens (tertiary/aromatic N) is 2. The van der Waals surface area contributed by atoms with Gasteiger partial charge in [-0.2, -0.15) is 0 Å². The van der Waals surface area contributed by atoms with Crippen molar-refractivity contribution in [1.29, 1.82) is 0 Å². The van der Waals surface area contributed by atoms with Crippen LogP contribution < -0.4 is 5.32 Å². The first-order valence-electron chi connectivity index (χ1n) is 9.47. The summed E-state index contributed by atoms with van der Waals surface area (Å²) < 4.78 is 11.8. The minimum absolute atomic E-state index is 0.116. The van der Waals surface area contributed by atoms with Crippen LogP contribution in [0.25, 0.3) is 10.9 Å². The first kappa shape index (κ1) is 17.8. The van der Waals surface area contributed by atoms with Crippen LogP contribution >= 0.6 is 0 Å². The maximum absolute atomic E-state index is 11.0. The number of aliphatic hydroxyl groups is 1. The second-order valence-corrected chi connectivity index (χ2v) is 7.02. The third-order valence-corrected chi connectivity index (χ3v) is 5.55. The molecule has 2 N–H and O–H groups in total. The normalized spacial score (nSPS) is 31.0. The molecule has 2 saturated heterocycles. The monoisotopic (exact) mass is 357 g/mol. The molecule has 0 spiro atoms. The number of ether oxygens (including phenoxy) is 2. The van der Waals surface area contributed by atoms with Crippen LogP contribution in [0.15, 0.2) is 36.5 Å². The van der Waals surface area contributed by atoms with Crippen molar-refractivity contribution in [2.75, 3.05) is 19.7 Å². The summed E-state index contributed by atoms with van der Waals surface area (Å²) in [6.07, 6.45) is 0.904. The van der Waals surface area contributed by atoms with Gasteiger partial charge in [0.25, 0.3) is 0 Å². The van der Waals surface area contributed by atoms with E-state index in [1.54, 1.807) is 0 Å². The fourth-order valence-electron chi connectivity index (χ4n) is 4.14. The zero-order valence-corrected chi connectivity index (χ0v) is 15.3. The molecular formula is C20H27N3O3. The summed E-state index contributed by atoms with van der Waals surface area (Å²) in [5.41, 5.74) is 2.09. The Hall–Kier alpha value is -1.57. The molecule has 0 aliphatic carbocycles. The summed E-state index contributed by atoms with van der Waals surface area (Å²) in [5.74, 6) is 0. The first-order valence-corrected chi connectivity index (χ1v) is 9.47. The fraction of sp³-hybridized carbons (Fsp3) is 0.550. The van der Waals surface area contributed by atoms with Gasteiger partial charge in [0, 0.05) is 18.1 Å². The van der Waals surface area contributed by atoms with Crippen LogP contribution in [-0.2, 0) is 16.0 Å². The molecule has 3 heterocycles. The topological polar surface area (TPSA) is 66.9 Å². The van der Waals surface area contributed by atoms with Gasteiger partial charge in [0.1, 0.15) is 6.10 Å². The van der Waals surface area contributed by atoms with Crippen molar-refractivity contribution in [2.45, 2.75) is 51.0 Å². The molecular weight excluding hydrogens is 330 g/mol. The molecule has 1 aromatic heterocycles. The van der Waals surface area contributed by atoms with E-state index >= 15 is 0 Å². The fourth-order valence-corrected chi connectivity index (χ4v) is 4.14. The van der Waals surface area contributed by atoms with Crippen molar-refractivity contribution in [1.82, 2.24) is 15.2 Å². The van der Waals surface area contributed by atoms with Crippen molar-refractivity contribution in [3.8, 4) is 0 Å². The lowest BCUT2D eigenvalue weighted by molar-refractivity contribution is -0.181. The molecule has 6 heteroatoms. The number of pyridine rings is 1. The molecule has 140 valence electrons. The van der Waals surface area contributed by atoms with Crippen LogP contribution in [0.4, 0.5) is 0 Å². The smallest absolute Gasteiger partial charge is 0.176 e. The van der Waals surface area contributed by atoms with E-state index in [9.17, 15) is 5.11 Å². The highest BCUT2D eigenvalue weighted by atomic mass is 16.7. The number of benzene rings is 1. The number of rotatable bonds is 6. The van der Waals surface area contributed by atoms with Gasteiger partial charge in [0.2, 0.25) is 0 Å². The Kier molecular flexibility index (Phi) is 5.20. The van der Waals surface area contributed by atoms with Crippen molar-refractivity contribution in [2.24, 2.45) is 0 Å². The highest BCUT2D eigenvalue weighted by Gasteiger charge is 2.51. The van der Waals surface area contributed by atoms with Crippen LogP contribution in [0.3, 0.4) is 0 Å². The van der Waals surface area contributed by atoms with E-state index in [4.69, 9.17) is 9.47 Å². The largest absolute Gasteiger partial charge is 0.390 e. The highest BCUT2D eigenvalue weighted by Crippen LogP contribution is 2.31. The molecule has 26 heavy (non-hydrogen) atoms. The van der Waals surface area contributed by atoms with Gasteiger partial charge in [0.05, 0.1) is 30.3 Å². The minimum Gasteiger partial charge on any atom is -0.390 e. The van der Waals surface area contributed by atoms with Crippen LogP contribution in [0, 0.1) is 0 Å². The molecule has 2 aliphatic heterocycles. The average Bonchev–Trinajstić information content (AvgIpc) is 3.10. The zero-order chi connectivity index (χ0) is 18.1. The van der Waals surface area contributed by atoms with Gasteiger partial charge < -0.3 is 19.9 Å². The number of hydrogen-bond donors (Lipinski definition) is 2. The number of para-hydroxylation sites is 1. The quantitative estimate of drug-likeness (QED) is 0.817. The van der Waals surface area contributed by atoms with E-state index in [2.05, 4.69) is 41.2 Å². The molecule has 5 atom stereocenters. The summed E-state index contributed by atoms with van der Waals surface area (Å²) in [5, 5.41) is 15.6. The number of aromatic nitrogens is 1. The van der Waals surface area contributed by atoms with Crippen LogP contribution in [0.2, 0.25) is 0 Å². The second-order valence-electron chi connectivity index (χ2n) is 7.02. The van der Waals surface area contributed by atoms with Gasteiger partial charge in [-0.05, 0) is 30.8 Å². The molecule has 6 nitrogen and oxygen atoms in total. The molecule has 2 fully saturated rings. The molecule has 2 bridgehead atoms. The molecule has 0 amide bonds. The maximum atomic E-state index is 11.0. The second kappa shape index (κ2) is 7.58. The van der Waals surface area contributed by atoms with Crippen molar-refractivity contribution >= 4 is 10.9 Å². The van der Waals surface area contributed by atoms with Crippen molar-refractivity contribution in [3.05, 3.63) is 42.1 Å². The summed E-state index contributed by atoms with van der Waals surface area (Å²) in [6.45, 7) is 7.06. The molecule has 2 aromatic rings. The van der Waals surface area contributed by atoms with Gasteiger partial charge >= 0.3 is 0 Å². The molecule has 0 unspecified atom stereocenters. The third-order valence-electron chi connectivity index (χ3n) is 5.55. The molecule has 0 radical (unpaired) electrons. The SMILES string of the molecule is CCN(CC)[C@@H]1[C@@H]2OC[C@H](O2)[C@@H](NCc2cnc3ccccc3c2)[C@@H]1O. The van der Waals surface area contributed by atoms with Gasteiger partial charge in [-0.25, -0.2) is 0 Å².